The average molecular weight is 446 g/mol. The number of rotatable bonds is 1. The van der Waals surface area contributed by atoms with Crippen LogP contribution in [0.25, 0.3) is 38.7 Å². The molecule has 5 rings (SSSR count). The van der Waals surface area contributed by atoms with E-state index in [0.29, 0.717) is 0 Å². The van der Waals surface area contributed by atoms with Gasteiger partial charge in [-0.15, -0.1) is 0 Å². The number of fused-ring (bicyclic) bond motifs is 4. The fourth-order valence-corrected chi connectivity index (χ4v) is 4.72. The molecule has 26 heavy (non-hydrogen) atoms. The highest BCUT2D eigenvalue weighted by Crippen LogP contribution is 2.34. The van der Waals surface area contributed by atoms with Crippen molar-refractivity contribution in [3.63, 3.8) is 0 Å². The molecule has 4 aromatic rings. The zero-order valence-corrected chi connectivity index (χ0v) is 16.9. The Balaban J connectivity index is 1.70. The molecule has 0 spiro atoms. The molecule has 1 heteroatoms. The van der Waals surface area contributed by atoms with Crippen molar-refractivity contribution in [3.05, 3.63) is 87.0 Å². The van der Waals surface area contributed by atoms with E-state index in [4.69, 9.17) is 0 Å². The second kappa shape index (κ2) is 6.24. The van der Waals surface area contributed by atoms with Crippen LogP contribution >= 0.6 is 22.6 Å². The van der Waals surface area contributed by atoms with Gasteiger partial charge in [0.05, 0.1) is 0 Å². The summed E-state index contributed by atoms with van der Waals surface area (Å²) < 4.78 is 1.28. The predicted molar refractivity (Wildman–Crippen MR) is 122 cm³/mol. The molecular weight excluding hydrogens is 427 g/mol. The first-order chi connectivity index (χ1) is 12.7. The minimum atomic E-state index is 1.15. The molecule has 0 unspecified atom stereocenters. The molecule has 0 aromatic heterocycles. The highest BCUT2D eigenvalue weighted by atomic mass is 127. The third-order valence-electron chi connectivity index (χ3n) is 5.45. The Morgan fingerprint density at radius 3 is 2.46 bits per heavy atom. The summed E-state index contributed by atoms with van der Waals surface area (Å²) in [6, 6.07) is 22.7. The molecule has 126 valence electrons. The Labute approximate surface area is 167 Å². The third-order valence-corrected chi connectivity index (χ3v) is 6.12. The zero-order chi connectivity index (χ0) is 17.7. The smallest absolute Gasteiger partial charge is 0.0136 e. The van der Waals surface area contributed by atoms with E-state index in [1.165, 1.54) is 52.9 Å². The summed E-state index contributed by atoms with van der Waals surface area (Å²) in [6.45, 7) is 2.26. The lowest BCUT2D eigenvalue weighted by Crippen LogP contribution is -1.97. The van der Waals surface area contributed by atoms with E-state index in [1.54, 1.807) is 0 Å². The van der Waals surface area contributed by atoms with Crippen molar-refractivity contribution in [1.82, 2.24) is 0 Å². The van der Waals surface area contributed by atoms with Crippen molar-refractivity contribution < 1.29 is 0 Å². The van der Waals surface area contributed by atoms with E-state index in [0.717, 1.165) is 12.8 Å². The van der Waals surface area contributed by atoms with E-state index in [-0.39, 0.29) is 0 Å². The Hall–Kier alpha value is -2.13. The van der Waals surface area contributed by atoms with Gasteiger partial charge < -0.3 is 0 Å². The average Bonchev–Trinajstić information content (AvgIpc) is 2.67. The van der Waals surface area contributed by atoms with Gasteiger partial charge in [-0.2, -0.15) is 0 Å². The van der Waals surface area contributed by atoms with Gasteiger partial charge in [-0.05, 0) is 116 Å². The lowest BCUT2D eigenvalue weighted by Gasteiger charge is -2.17. The second-order valence-corrected chi connectivity index (χ2v) is 8.42. The molecule has 0 saturated carbocycles. The summed E-state index contributed by atoms with van der Waals surface area (Å²) in [4.78, 5) is 0. The van der Waals surface area contributed by atoms with Crippen LogP contribution in [0.15, 0.2) is 66.7 Å². The summed E-state index contributed by atoms with van der Waals surface area (Å²) in [5.74, 6) is 0. The molecule has 0 fully saturated rings. The monoisotopic (exact) mass is 446 g/mol. The lowest BCUT2D eigenvalue weighted by atomic mass is 9.88. The van der Waals surface area contributed by atoms with Crippen LogP contribution in [0.3, 0.4) is 0 Å². The Morgan fingerprint density at radius 2 is 1.54 bits per heavy atom. The topological polar surface area (TPSA) is 0 Å². The van der Waals surface area contributed by atoms with Gasteiger partial charge in [0.2, 0.25) is 0 Å². The molecule has 1 aliphatic rings. The largest absolute Gasteiger partial charge is 0.0836 e. The minimum absolute atomic E-state index is 1.15. The first-order valence-corrected chi connectivity index (χ1v) is 10.2. The van der Waals surface area contributed by atoms with Crippen LogP contribution in [0.2, 0.25) is 0 Å². The van der Waals surface area contributed by atoms with E-state index < -0.39 is 0 Å². The molecule has 0 aliphatic heterocycles. The van der Waals surface area contributed by atoms with Crippen molar-refractivity contribution >= 4 is 50.2 Å². The summed E-state index contributed by atoms with van der Waals surface area (Å²) in [5, 5.41) is 5.41. The van der Waals surface area contributed by atoms with Crippen LogP contribution < -0.4 is 0 Å². The molecule has 0 atom stereocenters. The molecule has 1 aliphatic carbocycles. The van der Waals surface area contributed by atoms with Gasteiger partial charge in [0.25, 0.3) is 0 Å². The second-order valence-electron chi connectivity index (χ2n) is 7.17. The quantitative estimate of drug-likeness (QED) is 0.265. The van der Waals surface area contributed by atoms with E-state index in [9.17, 15) is 0 Å². The molecule has 0 radical (unpaired) electrons. The molecule has 0 N–H and O–H groups in total. The van der Waals surface area contributed by atoms with Crippen molar-refractivity contribution in [2.45, 2.75) is 19.8 Å². The maximum absolute atomic E-state index is 2.37. The highest BCUT2D eigenvalue weighted by molar-refractivity contribution is 14.1. The summed E-state index contributed by atoms with van der Waals surface area (Å²) in [5.41, 5.74) is 6.89. The summed E-state index contributed by atoms with van der Waals surface area (Å²) in [7, 11) is 0. The molecule has 0 bridgehead atoms. The van der Waals surface area contributed by atoms with Crippen molar-refractivity contribution in [1.29, 1.82) is 0 Å². The third kappa shape index (κ3) is 2.66. The van der Waals surface area contributed by atoms with E-state index in [1.807, 2.05) is 0 Å². The standard InChI is InChI=1S/C25H19I/c1-16-12-22(19-7-8-20-15-23(26)11-10-18(20)13-19)14-21-9-6-17-4-2-3-5-24(17)25(16)21/h2,4,6-15H,3,5H2,1H3. The van der Waals surface area contributed by atoms with Crippen LogP contribution in [0, 0.1) is 10.5 Å². The number of hydrogen-bond donors (Lipinski definition) is 0. The van der Waals surface area contributed by atoms with Crippen LogP contribution in [0.4, 0.5) is 0 Å². The zero-order valence-electron chi connectivity index (χ0n) is 14.7. The Kier molecular flexibility index (Phi) is 3.86. The van der Waals surface area contributed by atoms with Gasteiger partial charge >= 0.3 is 0 Å². The van der Waals surface area contributed by atoms with Crippen LogP contribution in [-0.4, -0.2) is 0 Å². The van der Waals surface area contributed by atoms with Gasteiger partial charge in [0.15, 0.2) is 0 Å². The summed E-state index contributed by atoms with van der Waals surface area (Å²) >= 11 is 2.37. The van der Waals surface area contributed by atoms with E-state index >= 15 is 0 Å². The van der Waals surface area contributed by atoms with Crippen LogP contribution in [0.1, 0.15) is 23.1 Å². The Morgan fingerprint density at radius 1 is 0.769 bits per heavy atom. The maximum atomic E-state index is 2.37. The lowest BCUT2D eigenvalue weighted by molar-refractivity contribution is 0.996. The number of aryl methyl sites for hydroxylation is 2. The van der Waals surface area contributed by atoms with Crippen molar-refractivity contribution in [2.75, 3.05) is 0 Å². The fraction of sp³-hybridized carbons (Fsp3) is 0.120. The number of benzene rings is 4. The number of hydrogen-bond acceptors (Lipinski definition) is 0. The molecule has 0 heterocycles. The molecular formula is C25H19I. The molecule has 0 amide bonds. The first kappa shape index (κ1) is 16.1. The van der Waals surface area contributed by atoms with Gasteiger partial charge in [-0.1, -0.05) is 48.6 Å². The van der Waals surface area contributed by atoms with Gasteiger partial charge in [-0.25, -0.2) is 0 Å². The SMILES string of the molecule is Cc1cc(-c2ccc3cc(I)ccc3c2)cc2ccc3c(c12)CCC=C3. The molecule has 0 saturated heterocycles. The summed E-state index contributed by atoms with van der Waals surface area (Å²) in [6.07, 6.45) is 6.86. The minimum Gasteiger partial charge on any atom is -0.0836 e. The van der Waals surface area contributed by atoms with Gasteiger partial charge in [0, 0.05) is 3.57 Å². The number of allylic oxidation sites excluding steroid dienone is 1. The maximum Gasteiger partial charge on any atom is 0.0136 e. The highest BCUT2D eigenvalue weighted by Gasteiger charge is 2.12. The van der Waals surface area contributed by atoms with Gasteiger partial charge in [0.1, 0.15) is 0 Å². The van der Waals surface area contributed by atoms with Crippen LogP contribution in [-0.2, 0) is 6.42 Å². The molecule has 0 nitrogen and oxygen atoms in total. The van der Waals surface area contributed by atoms with Crippen LogP contribution in [0.5, 0.6) is 0 Å². The Bertz CT molecular complexity index is 1200. The molecule has 4 aromatic carbocycles. The number of halogens is 1. The van der Waals surface area contributed by atoms with Crippen molar-refractivity contribution in [2.24, 2.45) is 0 Å². The van der Waals surface area contributed by atoms with E-state index in [2.05, 4.69) is 102 Å². The normalized spacial score (nSPS) is 13.3. The fourth-order valence-electron chi connectivity index (χ4n) is 4.21. The van der Waals surface area contributed by atoms with Gasteiger partial charge in [-0.3, -0.25) is 0 Å². The van der Waals surface area contributed by atoms with Crippen molar-refractivity contribution in [3.8, 4) is 11.1 Å². The predicted octanol–water partition coefficient (Wildman–Crippen LogP) is 7.53. The first-order valence-electron chi connectivity index (χ1n) is 9.11.